The number of nitrogens with zero attached hydrogens (tertiary/aromatic N) is 6. The van der Waals surface area contributed by atoms with E-state index in [4.69, 9.17) is 4.42 Å². The standard InChI is InChI=1S/C12H15N7O/c1-3-19-7-16-18-9(19)4-5-13-11-10-12(15-6-14-11)20-8(2)17-10/h6-7H,3-5H2,1-2H3,(H,13,14,15). The van der Waals surface area contributed by atoms with Crippen LogP contribution in [-0.2, 0) is 13.0 Å². The average molecular weight is 273 g/mol. The first kappa shape index (κ1) is 12.5. The average Bonchev–Trinajstić information content (AvgIpc) is 3.04. The van der Waals surface area contributed by atoms with E-state index in [0.717, 1.165) is 18.8 Å². The maximum Gasteiger partial charge on any atom is 0.252 e. The molecule has 1 N–H and O–H groups in total. The second-order valence-corrected chi connectivity index (χ2v) is 4.32. The fraction of sp³-hybridized carbons (Fsp3) is 0.417. The molecule has 0 aromatic carbocycles. The predicted octanol–water partition coefficient (Wildman–Crippen LogP) is 1.19. The molecule has 0 aliphatic carbocycles. The fourth-order valence-corrected chi connectivity index (χ4v) is 2.02. The lowest BCUT2D eigenvalue weighted by atomic mass is 10.4. The van der Waals surface area contributed by atoms with Gasteiger partial charge in [0.25, 0.3) is 5.71 Å². The first-order valence-corrected chi connectivity index (χ1v) is 6.46. The van der Waals surface area contributed by atoms with E-state index in [0.29, 0.717) is 29.5 Å². The van der Waals surface area contributed by atoms with E-state index in [-0.39, 0.29) is 0 Å². The molecule has 3 heterocycles. The zero-order chi connectivity index (χ0) is 13.9. The van der Waals surface area contributed by atoms with E-state index in [2.05, 4.69) is 37.4 Å². The Morgan fingerprint density at radius 2 is 2.25 bits per heavy atom. The lowest BCUT2D eigenvalue weighted by Crippen LogP contribution is -2.11. The summed E-state index contributed by atoms with van der Waals surface area (Å²) in [6.45, 7) is 5.40. The van der Waals surface area contributed by atoms with Gasteiger partial charge in [-0.25, -0.2) is 9.97 Å². The number of oxazole rings is 1. The molecule has 0 bridgehead atoms. The number of rotatable bonds is 5. The van der Waals surface area contributed by atoms with Gasteiger partial charge in [0.2, 0.25) is 0 Å². The van der Waals surface area contributed by atoms with Crippen molar-refractivity contribution in [1.82, 2.24) is 29.7 Å². The van der Waals surface area contributed by atoms with Gasteiger partial charge in [-0.15, -0.1) is 10.2 Å². The molecule has 8 nitrogen and oxygen atoms in total. The summed E-state index contributed by atoms with van der Waals surface area (Å²) in [5.74, 6) is 2.20. The summed E-state index contributed by atoms with van der Waals surface area (Å²) >= 11 is 0. The lowest BCUT2D eigenvalue weighted by Gasteiger charge is -2.05. The normalized spacial score (nSPS) is 11.1. The van der Waals surface area contributed by atoms with Crippen LogP contribution in [0.2, 0.25) is 0 Å². The molecule has 0 atom stereocenters. The van der Waals surface area contributed by atoms with Gasteiger partial charge in [-0.2, -0.15) is 4.98 Å². The maximum absolute atomic E-state index is 5.37. The molecule has 0 amide bonds. The highest BCUT2D eigenvalue weighted by molar-refractivity contribution is 5.80. The van der Waals surface area contributed by atoms with Crippen molar-refractivity contribution in [3.63, 3.8) is 0 Å². The SMILES string of the molecule is CCn1cnnc1CCNc1ncnc2oc(C)nc12. The summed E-state index contributed by atoms with van der Waals surface area (Å²) in [6, 6.07) is 0. The van der Waals surface area contributed by atoms with Crippen molar-refractivity contribution < 1.29 is 4.42 Å². The number of hydrogen-bond donors (Lipinski definition) is 1. The first-order valence-electron chi connectivity index (χ1n) is 6.46. The molecule has 0 spiro atoms. The third-order valence-corrected chi connectivity index (χ3v) is 2.98. The number of hydrogen-bond acceptors (Lipinski definition) is 7. The molecule has 8 heteroatoms. The van der Waals surface area contributed by atoms with Crippen molar-refractivity contribution in [2.75, 3.05) is 11.9 Å². The Hall–Kier alpha value is -2.51. The van der Waals surface area contributed by atoms with Gasteiger partial charge in [-0.05, 0) is 6.92 Å². The van der Waals surface area contributed by atoms with Crippen LogP contribution in [0.4, 0.5) is 5.82 Å². The Morgan fingerprint density at radius 3 is 3.10 bits per heavy atom. The number of nitrogens with one attached hydrogen (secondary N) is 1. The quantitative estimate of drug-likeness (QED) is 0.746. The van der Waals surface area contributed by atoms with Gasteiger partial charge in [-0.3, -0.25) is 0 Å². The van der Waals surface area contributed by atoms with Gasteiger partial charge < -0.3 is 14.3 Å². The first-order chi connectivity index (χ1) is 9.78. The zero-order valence-electron chi connectivity index (χ0n) is 11.4. The monoisotopic (exact) mass is 273 g/mol. The summed E-state index contributed by atoms with van der Waals surface area (Å²) in [5.41, 5.74) is 1.15. The Balaban J connectivity index is 1.71. The molecule has 0 fully saturated rings. The van der Waals surface area contributed by atoms with Crippen molar-refractivity contribution in [3.05, 3.63) is 24.4 Å². The molecule has 0 aliphatic rings. The van der Waals surface area contributed by atoms with Crippen LogP contribution in [0.15, 0.2) is 17.1 Å². The van der Waals surface area contributed by atoms with Crippen LogP contribution in [-0.4, -0.2) is 36.3 Å². The van der Waals surface area contributed by atoms with Crippen molar-refractivity contribution in [1.29, 1.82) is 0 Å². The molecule has 0 radical (unpaired) electrons. The summed E-state index contributed by atoms with van der Waals surface area (Å²) in [4.78, 5) is 12.5. The number of aryl methyl sites for hydroxylation is 2. The molecule has 0 saturated carbocycles. The van der Waals surface area contributed by atoms with Crippen molar-refractivity contribution in [2.45, 2.75) is 26.8 Å². The van der Waals surface area contributed by atoms with Crippen LogP contribution < -0.4 is 5.32 Å². The van der Waals surface area contributed by atoms with Gasteiger partial charge >= 0.3 is 0 Å². The van der Waals surface area contributed by atoms with Crippen LogP contribution in [0.1, 0.15) is 18.6 Å². The maximum atomic E-state index is 5.37. The molecule has 3 aromatic heterocycles. The highest BCUT2D eigenvalue weighted by Crippen LogP contribution is 2.18. The summed E-state index contributed by atoms with van der Waals surface area (Å²) in [6.07, 6.45) is 3.96. The summed E-state index contributed by atoms with van der Waals surface area (Å²) in [5, 5.41) is 11.2. The van der Waals surface area contributed by atoms with E-state index in [1.54, 1.807) is 13.3 Å². The molecular weight excluding hydrogens is 258 g/mol. The molecule has 0 saturated heterocycles. The minimum absolute atomic E-state index is 0.497. The van der Waals surface area contributed by atoms with Gasteiger partial charge in [0.1, 0.15) is 18.5 Å². The number of fused-ring (bicyclic) bond motifs is 1. The Bertz CT molecular complexity index is 717. The Labute approximate surface area is 115 Å². The van der Waals surface area contributed by atoms with Crippen molar-refractivity contribution in [3.8, 4) is 0 Å². The van der Waals surface area contributed by atoms with Crippen LogP contribution in [0, 0.1) is 6.92 Å². The van der Waals surface area contributed by atoms with E-state index < -0.39 is 0 Å². The van der Waals surface area contributed by atoms with Gasteiger partial charge in [0.15, 0.2) is 17.2 Å². The Kier molecular flexibility index (Phi) is 3.28. The molecule has 20 heavy (non-hydrogen) atoms. The van der Waals surface area contributed by atoms with Crippen LogP contribution >= 0.6 is 0 Å². The van der Waals surface area contributed by atoms with Gasteiger partial charge in [0.05, 0.1) is 0 Å². The van der Waals surface area contributed by atoms with Crippen LogP contribution in [0.5, 0.6) is 0 Å². The van der Waals surface area contributed by atoms with Crippen LogP contribution in [0.25, 0.3) is 11.2 Å². The molecular formula is C12H15N7O. The van der Waals surface area contributed by atoms with E-state index in [1.807, 2.05) is 4.57 Å². The number of anilines is 1. The van der Waals surface area contributed by atoms with Crippen molar-refractivity contribution >= 4 is 17.0 Å². The van der Waals surface area contributed by atoms with Gasteiger partial charge in [0, 0.05) is 26.4 Å². The highest BCUT2D eigenvalue weighted by Gasteiger charge is 2.10. The zero-order valence-corrected chi connectivity index (χ0v) is 11.4. The number of aromatic nitrogens is 6. The third-order valence-electron chi connectivity index (χ3n) is 2.98. The Morgan fingerprint density at radius 1 is 1.35 bits per heavy atom. The fourth-order valence-electron chi connectivity index (χ4n) is 2.02. The largest absolute Gasteiger partial charge is 0.422 e. The highest BCUT2D eigenvalue weighted by atomic mass is 16.4. The molecule has 0 aliphatic heterocycles. The van der Waals surface area contributed by atoms with E-state index in [9.17, 15) is 0 Å². The minimum atomic E-state index is 0.497. The van der Waals surface area contributed by atoms with Crippen LogP contribution in [0.3, 0.4) is 0 Å². The smallest absolute Gasteiger partial charge is 0.252 e. The molecule has 104 valence electrons. The summed E-state index contributed by atoms with van der Waals surface area (Å²) < 4.78 is 7.38. The second-order valence-electron chi connectivity index (χ2n) is 4.32. The van der Waals surface area contributed by atoms with E-state index in [1.165, 1.54) is 6.33 Å². The predicted molar refractivity (Wildman–Crippen MR) is 72.2 cm³/mol. The molecule has 3 aromatic rings. The molecule has 0 unspecified atom stereocenters. The van der Waals surface area contributed by atoms with E-state index >= 15 is 0 Å². The minimum Gasteiger partial charge on any atom is -0.422 e. The summed E-state index contributed by atoms with van der Waals surface area (Å²) in [7, 11) is 0. The third kappa shape index (κ3) is 2.31. The topological polar surface area (TPSA) is 94.6 Å². The lowest BCUT2D eigenvalue weighted by molar-refractivity contribution is 0.551. The van der Waals surface area contributed by atoms with Crippen molar-refractivity contribution in [2.24, 2.45) is 0 Å². The molecule has 3 rings (SSSR count). The van der Waals surface area contributed by atoms with Gasteiger partial charge in [-0.1, -0.05) is 0 Å². The second kappa shape index (κ2) is 5.24.